The normalized spacial score (nSPS) is 27.9. The molecule has 0 radical (unpaired) electrons. The first-order chi connectivity index (χ1) is 6.86. The predicted octanol–water partition coefficient (Wildman–Crippen LogP) is 2.61. The maximum Gasteiger partial charge on any atom is 0.0393 e. The smallest absolute Gasteiger partial charge is 0.0393 e. The zero-order chi connectivity index (χ0) is 10.2. The van der Waals surface area contributed by atoms with Gasteiger partial charge in [-0.1, -0.05) is 6.92 Å². The van der Waals surface area contributed by atoms with E-state index in [4.69, 9.17) is 5.73 Å². The average Bonchev–Trinajstić information content (AvgIpc) is 2.25. The molecule has 0 aliphatic carbocycles. The third-order valence-corrected chi connectivity index (χ3v) is 7.53. The second kappa shape index (κ2) is 8.50. The molecule has 1 rings (SSSR count). The molecule has 1 aliphatic rings. The van der Waals surface area contributed by atoms with Gasteiger partial charge in [0.15, 0.2) is 0 Å². The second-order valence-electron chi connectivity index (χ2n) is 3.11. The van der Waals surface area contributed by atoms with Gasteiger partial charge in [0.1, 0.15) is 0 Å². The van der Waals surface area contributed by atoms with E-state index in [0.717, 1.165) is 16.4 Å². The monoisotopic (exact) mass is 269 g/mol. The Morgan fingerprint density at radius 2 is 1.71 bits per heavy atom. The third-order valence-electron chi connectivity index (χ3n) is 1.97. The number of thioether (sulfide) groups is 4. The van der Waals surface area contributed by atoms with Crippen molar-refractivity contribution < 1.29 is 0 Å². The third kappa shape index (κ3) is 5.45. The molecule has 0 bridgehead atoms. The van der Waals surface area contributed by atoms with Crippen molar-refractivity contribution in [1.82, 2.24) is 0 Å². The van der Waals surface area contributed by atoms with Gasteiger partial charge in [-0.3, -0.25) is 0 Å². The summed E-state index contributed by atoms with van der Waals surface area (Å²) >= 11 is 8.26. The van der Waals surface area contributed by atoms with E-state index in [1.54, 1.807) is 0 Å². The number of nitrogens with two attached hydrogens (primary N) is 1. The van der Waals surface area contributed by atoms with Crippen molar-refractivity contribution in [1.29, 1.82) is 0 Å². The molecule has 14 heavy (non-hydrogen) atoms. The molecule has 84 valence electrons. The highest BCUT2D eigenvalue weighted by Crippen LogP contribution is 2.32. The van der Waals surface area contributed by atoms with E-state index in [0.29, 0.717) is 0 Å². The quantitative estimate of drug-likeness (QED) is 0.748. The Bertz CT molecular complexity index is 121. The molecule has 2 atom stereocenters. The fourth-order valence-electron chi connectivity index (χ4n) is 1.22. The summed E-state index contributed by atoms with van der Waals surface area (Å²) < 4.78 is 0. The Labute approximate surface area is 104 Å². The summed E-state index contributed by atoms with van der Waals surface area (Å²) in [5.41, 5.74) is 5.48. The first-order valence-electron chi connectivity index (χ1n) is 4.95. The van der Waals surface area contributed by atoms with Crippen molar-refractivity contribution >= 4 is 47.0 Å². The largest absolute Gasteiger partial charge is 0.322 e. The van der Waals surface area contributed by atoms with E-state index in [1.165, 1.54) is 28.8 Å². The molecule has 0 spiro atoms. The van der Waals surface area contributed by atoms with Gasteiger partial charge in [0.2, 0.25) is 0 Å². The lowest BCUT2D eigenvalue weighted by Gasteiger charge is -2.27. The molecule has 1 nitrogen and oxygen atoms in total. The van der Waals surface area contributed by atoms with Crippen LogP contribution in [0.4, 0.5) is 0 Å². The van der Waals surface area contributed by atoms with E-state index >= 15 is 0 Å². The van der Waals surface area contributed by atoms with Crippen LogP contribution < -0.4 is 5.73 Å². The van der Waals surface area contributed by atoms with Crippen molar-refractivity contribution in [3.8, 4) is 0 Å². The van der Waals surface area contributed by atoms with Crippen LogP contribution in [0.2, 0.25) is 0 Å². The van der Waals surface area contributed by atoms with Gasteiger partial charge in [0.25, 0.3) is 0 Å². The van der Waals surface area contributed by atoms with Crippen molar-refractivity contribution in [3.63, 3.8) is 0 Å². The highest BCUT2D eigenvalue weighted by Gasteiger charge is 2.21. The highest BCUT2D eigenvalue weighted by molar-refractivity contribution is 8.09. The summed E-state index contributed by atoms with van der Waals surface area (Å²) in [5, 5.41) is 1.74. The molecule has 1 saturated heterocycles. The molecule has 5 heteroatoms. The molecular formula is C9H19NS4. The molecule has 2 unspecified atom stereocenters. The maximum atomic E-state index is 5.48. The summed E-state index contributed by atoms with van der Waals surface area (Å²) in [6, 6.07) is 0. The summed E-state index contributed by atoms with van der Waals surface area (Å²) in [7, 11) is 0. The first-order valence-corrected chi connectivity index (χ1v) is 9.36. The maximum absolute atomic E-state index is 5.48. The Balaban J connectivity index is 2.05. The Morgan fingerprint density at radius 1 is 1.14 bits per heavy atom. The van der Waals surface area contributed by atoms with Crippen molar-refractivity contribution in [2.75, 3.05) is 34.6 Å². The van der Waals surface area contributed by atoms with E-state index in [1.807, 2.05) is 11.8 Å². The van der Waals surface area contributed by atoms with Crippen molar-refractivity contribution in [2.45, 2.75) is 17.4 Å². The predicted molar refractivity (Wildman–Crippen MR) is 77.0 cm³/mol. The minimum absolute atomic E-state index is 0.775. The van der Waals surface area contributed by atoms with Crippen LogP contribution in [0.15, 0.2) is 0 Å². The summed E-state index contributed by atoms with van der Waals surface area (Å²) in [6.45, 7) is 2.24. The van der Waals surface area contributed by atoms with E-state index in [2.05, 4.69) is 42.2 Å². The molecule has 0 saturated carbocycles. The van der Waals surface area contributed by atoms with Crippen LogP contribution in [-0.4, -0.2) is 45.1 Å². The van der Waals surface area contributed by atoms with Crippen LogP contribution in [0.25, 0.3) is 0 Å². The average molecular weight is 270 g/mol. The second-order valence-corrected chi connectivity index (χ2v) is 8.17. The Morgan fingerprint density at radius 3 is 2.14 bits per heavy atom. The standard InChI is InChI=1S/C9H19NS4/c1-2-11-3-8-5-14-9(6-13-8)4-12-7-10/h8-9H,2-7,10H2,1H3. The van der Waals surface area contributed by atoms with Crippen molar-refractivity contribution in [2.24, 2.45) is 5.73 Å². The minimum Gasteiger partial charge on any atom is -0.322 e. The topological polar surface area (TPSA) is 26.0 Å². The zero-order valence-corrected chi connectivity index (χ0v) is 11.9. The van der Waals surface area contributed by atoms with E-state index in [9.17, 15) is 0 Å². The fraction of sp³-hybridized carbons (Fsp3) is 1.00. The molecule has 1 heterocycles. The van der Waals surface area contributed by atoms with Crippen LogP contribution in [-0.2, 0) is 0 Å². The Hall–Kier alpha value is 1.36. The van der Waals surface area contributed by atoms with Gasteiger partial charge in [-0.2, -0.15) is 35.3 Å². The van der Waals surface area contributed by atoms with Crippen LogP contribution >= 0.6 is 47.0 Å². The lowest BCUT2D eigenvalue weighted by molar-refractivity contribution is 1.06. The van der Waals surface area contributed by atoms with Crippen LogP contribution in [0.1, 0.15) is 6.92 Å². The number of hydrogen-bond donors (Lipinski definition) is 1. The van der Waals surface area contributed by atoms with Gasteiger partial charge in [-0.05, 0) is 5.75 Å². The molecule has 0 aromatic carbocycles. The molecular weight excluding hydrogens is 250 g/mol. The van der Waals surface area contributed by atoms with E-state index < -0.39 is 0 Å². The first kappa shape index (κ1) is 13.4. The minimum atomic E-state index is 0.775. The summed E-state index contributed by atoms with van der Waals surface area (Å²) in [6.07, 6.45) is 0. The van der Waals surface area contributed by atoms with Gasteiger partial charge in [-0.25, -0.2) is 0 Å². The summed E-state index contributed by atoms with van der Waals surface area (Å²) in [5.74, 6) is 7.28. The fourth-order valence-corrected chi connectivity index (χ4v) is 6.45. The van der Waals surface area contributed by atoms with Crippen LogP contribution in [0.5, 0.6) is 0 Å². The number of hydrogen-bond acceptors (Lipinski definition) is 5. The van der Waals surface area contributed by atoms with Crippen LogP contribution in [0, 0.1) is 0 Å². The molecule has 2 N–H and O–H groups in total. The van der Waals surface area contributed by atoms with Gasteiger partial charge in [-0.15, -0.1) is 11.8 Å². The lowest BCUT2D eigenvalue weighted by Crippen LogP contribution is -2.25. The highest BCUT2D eigenvalue weighted by atomic mass is 32.2. The van der Waals surface area contributed by atoms with Gasteiger partial charge >= 0.3 is 0 Å². The molecule has 0 aromatic heterocycles. The van der Waals surface area contributed by atoms with Gasteiger partial charge < -0.3 is 5.73 Å². The molecule has 1 fully saturated rings. The molecule has 1 aliphatic heterocycles. The Kier molecular flexibility index (Phi) is 8.16. The number of rotatable bonds is 6. The zero-order valence-electron chi connectivity index (χ0n) is 8.61. The lowest BCUT2D eigenvalue weighted by atomic mass is 10.5. The van der Waals surface area contributed by atoms with Crippen LogP contribution in [0.3, 0.4) is 0 Å². The molecule has 0 amide bonds. The van der Waals surface area contributed by atoms with Gasteiger partial charge in [0, 0.05) is 39.4 Å². The van der Waals surface area contributed by atoms with E-state index in [-0.39, 0.29) is 0 Å². The SMILES string of the molecule is CCSCC1CSC(CSCN)CS1. The van der Waals surface area contributed by atoms with Gasteiger partial charge in [0.05, 0.1) is 0 Å². The molecule has 0 aromatic rings. The summed E-state index contributed by atoms with van der Waals surface area (Å²) in [4.78, 5) is 0. The van der Waals surface area contributed by atoms with Crippen molar-refractivity contribution in [3.05, 3.63) is 0 Å².